The molecule has 6 nitrogen and oxygen atoms in total. The van der Waals surface area contributed by atoms with Gasteiger partial charge in [-0.15, -0.1) is 0 Å². The summed E-state index contributed by atoms with van der Waals surface area (Å²) in [6.45, 7) is 3.00. The lowest BCUT2D eigenvalue weighted by molar-refractivity contribution is 0.171. The Labute approximate surface area is 137 Å². The van der Waals surface area contributed by atoms with Crippen LogP contribution in [0.2, 0.25) is 0 Å². The van der Waals surface area contributed by atoms with Crippen LogP contribution in [-0.4, -0.2) is 45.1 Å². The molecule has 128 valence electrons. The van der Waals surface area contributed by atoms with E-state index in [2.05, 4.69) is 10.1 Å². The highest BCUT2D eigenvalue weighted by atomic mass is 32.2. The number of piperidine rings is 1. The van der Waals surface area contributed by atoms with Gasteiger partial charge in [-0.1, -0.05) is 18.6 Å². The Morgan fingerprint density at radius 3 is 2.61 bits per heavy atom. The molecule has 23 heavy (non-hydrogen) atoms. The second-order valence-electron chi connectivity index (χ2n) is 5.77. The van der Waals surface area contributed by atoms with E-state index in [0.29, 0.717) is 24.4 Å². The number of hydrogen-bond acceptors (Lipinski definition) is 4. The zero-order chi connectivity index (χ0) is 16.9. The van der Waals surface area contributed by atoms with Gasteiger partial charge in [-0.3, -0.25) is 0 Å². The van der Waals surface area contributed by atoms with Gasteiger partial charge in [-0.2, -0.15) is 4.31 Å². The van der Waals surface area contributed by atoms with E-state index in [1.54, 1.807) is 28.6 Å². The molecule has 0 aliphatic carbocycles. The molecular weight excluding hydrogens is 316 g/mol. The van der Waals surface area contributed by atoms with Crippen LogP contribution in [0.15, 0.2) is 29.2 Å². The van der Waals surface area contributed by atoms with Crippen molar-refractivity contribution in [1.82, 2.24) is 9.62 Å². The van der Waals surface area contributed by atoms with E-state index in [1.807, 2.05) is 6.92 Å². The van der Waals surface area contributed by atoms with Gasteiger partial charge in [-0.25, -0.2) is 13.2 Å². The minimum absolute atomic E-state index is 0.0534. The number of benzene rings is 1. The first-order valence-corrected chi connectivity index (χ1v) is 9.32. The number of nitrogens with zero attached hydrogens (tertiary/aromatic N) is 1. The number of nitrogens with one attached hydrogen (secondary N) is 1. The van der Waals surface area contributed by atoms with Gasteiger partial charge in [0.2, 0.25) is 10.0 Å². The van der Waals surface area contributed by atoms with Crippen molar-refractivity contribution in [2.75, 3.05) is 20.2 Å². The minimum atomic E-state index is -3.42. The summed E-state index contributed by atoms with van der Waals surface area (Å²) in [6, 6.07) is 6.92. The molecule has 1 N–H and O–H groups in total. The Morgan fingerprint density at radius 2 is 2.00 bits per heavy atom. The van der Waals surface area contributed by atoms with Crippen molar-refractivity contribution < 1.29 is 17.9 Å². The second-order valence-corrected chi connectivity index (χ2v) is 7.66. The number of ether oxygens (including phenoxy) is 1. The maximum Gasteiger partial charge on any atom is 0.406 e. The lowest BCUT2D eigenvalue weighted by atomic mass is 10.1. The minimum Gasteiger partial charge on any atom is -0.453 e. The van der Waals surface area contributed by atoms with Crippen LogP contribution in [0.4, 0.5) is 4.79 Å². The largest absolute Gasteiger partial charge is 0.453 e. The van der Waals surface area contributed by atoms with Crippen LogP contribution in [-0.2, 0) is 21.2 Å². The molecule has 1 atom stereocenters. The molecule has 0 bridgehead atoms. The van der Waals surface area contributed by atoms with Crippen LogP contribution >= 0.6 is 0 Å². The van der Waals surface area contributed by atoms with Crippen molar-refractivity contribution >= 4 is 16.1 Å². The molecule has 1 aromatic carbocycles. The molecule has 1 amide bonds. The predicted octanol–water partition coefficient (Wildman–Crippen LogP) is 2.15. The molecule has 0 spiro atoms. The fourth-order valence-electron chi connectivity index (χ4n) is 2.77. The quantitative estimate of drug-likeness (QED) is 0.891. The normalized spacial score (nSPS) is 19.3. The Kier molecular flexibility index (Phi) is 6.01. The number of rotatable bonds is 5. The van der Waals surface area contributed by atoms with E-state index in [4.69, 9.17) is 0 Å². The lowest BCUT2D eigenvalue weighted by Gasteiger charge is -2.32. The SMILES string of the molecule is COC(=O)NCCc1ccc(S(=O)(=O)N2CCCCC2C)cc1. The van der Waals surface area contributed by atoms with Gasteiger partial charge >= 0.3 is 6.09 Å². The number of carbonyl (C=O) groups excluding carboxylic acids is 1. The zero-order valence-corrected chi connectivity index (χ0v) is 14.4. The summed E-state index contributed by atoms with van der Waals surface area (Å²) in [7, 11) is -2.11. The standard InChI is InChI=1S/C16H24N2O4S/c1-13-5-3-4-12-18(13)23(20,21)15-8-6-14(7-9-15)10-11-17-16(19)22-2/h6-9,13H,3-5,10-12H2,1-2H3,(H,17,19). The van der Waals surface area contributed by atoms with Gasteiger partial charge in [0.05, 0.1) is 12.0 Å². The van der Waals surface area contributed by atoms with E-state index >= 15 is 0 Å². The number of alkyl carbamates (subject to hydrolysis) is 1. The van der Waals surface area contributed by atoms with Crippen molar-refractivity contribution in [2.45, 2.75) is 43.5 Å². The molecule has 1 unspecified atom stereocenters. The van der Waals surface area contributed by atoms with E-state index in [1.165, 1.54) is 7.11 Å². The summed E-state index contributed by atoms with van der Waals surface area (Å²) < 4.78 is 31.5. The molecule has 0 aromatic heterocycles. The van der Waals surface area contributed by atoms with Crippen LogP contribution in [0.1, 0.15) is 31.7 Å². The fraction of sp³-hybridized carbons (Fsp3) is 0.562. The number of sulfonamides is 1. The maximum atomic E-state index is 12.7. The van der Waals surface area contributed by atoms with Gasteiger partial charge < -0.3 is 10.1 Å². The molecule has 1 heterocycles. The first-order chi connectivity index (χ1) is 10.9. The summed E-state index contributed by atoms with van der Waals surface area (Å²) in [4.78, 5) is 11.3. The number of hydrogen-bond donors (Lipinski definition) is 1. The number of methoxy groups -OCH3 is 1. The summed E-state index contributed by atoms with van der Waals surface area (Å²) in [5, 5.41) is 2.60. The molecule has 1 fully saturated rings. The van der Waals surface area contributed by atoms with Crippen molar-refractivity contribution in [3.63, 3.8) is 0 Å². The van der Waals surface area contributed by atoms with Crippen molar-refractivity contribution in [3.05, 3.63) is 29.8 Å². The van der Waals surface area contributed by atoms with Gasteiger partial charge in [0.25, 0.3) is 0 Å². The smallest absolute Gasteiger partial charge is 0.406 e. The lowest BCUT2D eigenvalue weighted by Crippen LogP contribution is -2.41. The summed E-state index contributed by atoms with van der Waals surface area (Å²) in [5.74, 6) is 0. The third-order valence-corrected chi connectivity index (χ3v) is 6.17. The highest BCUT2D eigenvalue weighted by Gasteiger charge is 2.30. The van der Waals surface area contributed by atoms with Crippen molar-refractivity contribution in [2.24, 2.45) is 0 Å². The van der Waals surface area contributed by atoms with Crippen LogP contribution in [0.5, 0.6) is 0 Å². The molecule has 0 radical (unpaired) electrons. The Morgan fingerprint density at radius 1 is 1.30 bits per heavy atom. The van der Waals surface area contributed by atoms with Crippen LogP contribution < -0.4 is 5.32 Å². The number of amides is 1. The summed E-state index contributed by atoms with van der Waals surface area (Å²) >= 11 is 0. The van der Waals surface area contributed by atoms with Crippen LogP contribution in [0, 0.1) is 0 Å². The highest BCUT2D eigenvalue weighted by molar-refractivity contribution is 7.89. The van der Waals surface area contributed by atoms with Crippen LogP contribution in [0.25, 0.3) is 0 Å². The third kappa shape index (κ3) is 4.45. The number of carbonyl (C=O) groups is 1. The average Bonchev–Trinajstić information content (AvgIpc) is 2.55. The van der Waals surface area contributed by atoms with Crippen molar-refractivity contribution in [3.8, 4) is 0 Å². The first-order valence-electron chi connectivity index (χ1n) is 7.88. The highest BCUT2D eigenvalue weighted by Crippen LogP contribution is 2.25. The maximum absolute atomic E-state index is 12.7. The van der Waals surface area contributed by atoms with E-state index in [0.717, 1.165) is 24.8 Å². The Hall–Kier alpha value is -1.60. The fourth-order valence-corrected chi connectivity index (χ4v) is 4.47. The molecular formula is C16H24N2O4S. The summed E-state index contributed by atoms with van der Waals surface area (Å²) in [6.07, 6.45) is 3.06. The molecule has 7 heteroatoms. The van der Waals surface area contributed by atoms with E-state index in [-0.39, 0.29) is 6.04 Å². The third-order valence-electron chi connectivity index (χ3n) is 4.14. The van der Waals surface area contributed by atoms with Crippen LogP contribution in [0.3, 0.4) is 0 Å². The van der Waals surface area contributed by atoms with E-state index in [9.17, 15) is 13.2 Å². The van der Waals surface area contributed by atoms with Gasteiger partial charge in [-0.05, 0) is 43.9 Å². The van der Waals surface area contributed by atoms with E-state index < -0.39 is 16.1 Å². The molecule has 2 rings (SSSR count). The molecule has 1 saturated heterocycles. The zero-order valence-electron chi connectivity index (χ0n) is 13.6. The monoisotopic (exact) mass is 340 g/mol. The molecule has 1 aliphatic rings. The Bertz CT molecular complexity index is 628. The Balaban J connectivity index is 2.02. The van der Waals surface area contributed by atoms with Gasteiger partial charge in [0.15, 0.2) is 0 Å². The first kappa shape index (κ1) is 17.7. The summed E-state index contributed by atoms with van der Waals surface area (Å²) in [5.41, 5.74) is 0.965. The molecule has 0 saturated carbocycles. The molecule has 1 aromatic rings. The van der Waals surface area contributed by atoms with Gasteiger partial charge in [0.1, 0.15) is 0 Å². The molecule has 1 aliphatic heterocycles. The average molecular weight is 340 g/mol. The topological polar surface area (TPSA) is 75.7 Å². The predicted molar refractivity (Wildman–Crippen MR) is 87.8 cm³/mol. The second kappa shape index (κ2) is 7.79. The van der Waals surface area contributed by atoms with Gasteiger partial charge in [0, 0.05) is 19.1 Å². The van der Waals surface area contributed by atoms with Crippen molar-refractivity contribution in [1.29, 1.82) is 0 Å².